The van der Waals surface area contributed by atoms with Crippen molar-refractivity contribution in [3.63, 3.8) is 0 Å². The van der Waals surface area contributed by atoms with Crippen LogP contribution in [0.5, 0.6) is 0 Å². The van der Waals surface area contributed by atoms with Crippen molar-refractivity contribution in [3.8, 4) is 0 Å². The maximum Gasteiger partial charge on any atom is 0.157 e. The lowest BCUT2D eigenvalue weighted by molar-refractivity contribution is -0.120. The summed E-state index contributed by atoms with van der Waals surface area (Å²) in [4.78, 5) is 25.1. The lowest BCUT2D eigenvalue weighted by Gasteiger charge is -2.33. The highest BCUT2D eigenvalue weighted by Gasteiger charge is 2.77. The Labute approximate surface area is 110 Å². The van der Waals surface area contributed by atoms with Crippen LogP contribution in [0.1, 0.15) is 12.8 Å². The number of piperidine rings is 1. The maximum atomic E-state index is 12.0. The molecule has 1 aliphatic carbocycles. The van der Waals surface area contributed by atoms with Crippen molar-refractivity contribution >= 4 is 17.9 Å². The van der Waals surface area contributed by atoms with Crippen molar-refractivity contribution in [1.29, 1.82) is 0 Å². The molecule has 2 heterocycles. The first-order chi connectivity index (χ1) is 9.20. The van der Waals surface area contributed by atoms with E-state index in [4.69, 9.17) is 0 Å². The number of ketones is 1. The fraction of sp³-hybridized carbons (Fsp3) is 0.538. The number of carbonyl (C=O) groups excluding carboxylic acids is 2. The number of nitrogens with zero attached hydrogens (tertiary/aromatic N) is 3. The number of Topliss-reactive ketones (excluding diaryl/α,β-unsaturated/α-hetero) is 1. The van der Waals surface area contributed by atoms with Crippen molar-refractivity contribution in [3.05, 3.63) is 18.3 Å². The molecule has 2 aliphatic rings. The lowest BCUT2D eigenvalue weighted by atomic mass is 9.85. The first-order valence-electron chi connectivity index (χ1n) is 6.27. The summed E-state index contributed by atoms with van der Waals surface area (Å²) in [6, 6.07) is 3.51. The lowest BCUT2D eigenvalue weighted by Crippen LogP contribution is -2.38. The van der Waals surface area contributed by atoms with Gasteiger partial charge in [-0.05, 0) is 25.0 Å². The van der Waals surface area contributed by atoms with Gasteiger partial charge in [0.15, 0.2) is 11.6 Å². The topological polar surface area (TPSA) is 83.4 Å². The van der Waals surface area contributed by atoms with Gasteiger partial charge >= 0.3 is 0 Å². The van der Waals surface area contributed by atoms with Crippen LogP contribution in [0.2, 0.25) is 0 Å². The highest BCUT2D eigenvalue weighted by molar-refractivity contribution is 6.19. The number of rotatable bonds is 3. The summed E-state index contributed by atoms with van der Waals surface area (Å²) in [7, 11) is 0. The Hall–Kier alpha value is -1.82. The number of aliphatic hydroxyl groups is 1. The normalized spacial score (nSPS) is 28.5. The molecule has 6 heteroatoms. The van der Waals surface area contributed by atoms with E-state index in [1.165, 1.54) is 0 Å². The van der Waals surface area contributed by atoms with E-state index in [0.29, 0.717) is 32.2 Å². The van der Waals surface area contributed by atoms with Gasteiger partial charge in [0.25, 0.3) is 0 Å². The van der Waals surface area contributed by atoms with Gasteiger partial charge in [0.1, 0.15) is 17.9 Å². The van der Waals surface area contributed by atoms with E-state index in [1.54, 1.807) is 6.07 Å². The van der Waals surface area contributed by atoms with Crippen LogP contribution in [0.15, 0.2) is 12.1 Å². The minimum atomic E-state index is -1.14. The number of carbonyl (C=O) groups is 2. The first kappa shape index (κ1) is 12.2. The van der Waals surface area contributed by atoms with E-state index < -0.39 is 10.8 Å². The summed E-state index contributed by atoms with van der Waals surface area (Å²) in [5.41, 5.74) is -1.79. The summed E-state index contributed by atoms with van der Waals surface area (Å²) in [5.74, 6) is 0.645. The largest absolute Gasteiger partial charge is 0.395 e. The molecule has 3 rings (SSSR count). The zero-order chi connectivity index (χ0) is 13.5. The SMILES string of the molecule is O=CC1(CO)C(=O)C12CCN(c1cc[c]nn1)CC2. The highest BCUT2D eigenvalue weighted by atomic mass is 16.3. The fourth-order valence-electron chi connectivity index (χ4n) is 3.20. The molecule has 1 spiro atoms. The van der Waals surface area contributed by atoms with Gasteiger partial charge in [0.2, 0.25) is 0 Å². The van der Waals surface area contributed by atoms with Gasteiger partial charge in [0.05, 0.1) is 12.0 Å². The zero-order valence-corrected chi connectivity index (χ0v) is 10.4. The second-order valence-corrected chi connectivity index (χ2v) is 5.17. The predicted octanol–water partition coefficient (Wildman–Crippen LogP) is -0.376. The Bertz CT molecular complexity index is 511. The van der Waals surface area contributed by atoms with Crippen molar-refractivity contribution in [1.82, 2.24) is 10.2 Å². The molecule has 1 saturated heterocycles. The Morgan fingerprint density at radius 1 is 1.47 bits per heavy atom. The van der Waals surface area contributed by atoms with E-state index in [-0.39, 0.29) is 12.4 Å². The molecule has 19 heavy (non-hydrogen) atoms. The third-order valence-corrected chi connectivity index (χ3v) is 4.54. The van der Waals surface area contributed by atoms with Crippen molar-refractivity contribution in [2.75, 3.05) is 24.6 Å². The Balaban J connectivity index is 1.75. The molecule has 99 valence electrons. The maximum absolute atomic E-state index is 12.0. The average Bonchev–Trinajstić information content (AvgIpc) is 2.98. The van der Waals surface area contributed by atoms with E-state index in [9.17, 15) is 14.7 Å². The van der Waals surface area contributed by atoms with Crippen LogP contribution in [0.25, 0.3) is 0 Å². The van der Waals surface area contributed by atoms with Crippen molar-refractivity contribution < 1.29 is 14.7 Å². The second kappa shape index (κ2) is 4.09. The molecule has 1 aliphatic heterocycles. The van der Waals surface area contributed by atoms with Crippen LogP contribution in [-0.2, 0) is 9.59 Å². The molecule has 1 radical (unpaired) electrons. The van der Waals surface area contributed by atoms with E-state index in [0.717, 1.165) is 5.82 Å². The Kier molecular flexibility index (Phi) is 2.63. The first-order valence-corrected chi connectivity index (χ1v) is 6.27. The molecule has 1 aromatic rings. The van der Waals surface area contributed by atoms with E-state index in [2.05, 4.69) is 16.4 Å². The predicted molar refractivity (Wildman–Crippen MR) is 65.3 cm³/mol. The molecular weight excluding hydrogens is 246 g/mol. The Morgan fingerprint density at radius 3 is 2.68 bits per heavy atom. The van der Waals surface area contributed by atoms with Crippen molar-refractivity contribution in [2.24, 2.45) is 10.8 Å². The average molecular weight is 260 g/mol. The molecule has 1 unspecified atom stereocenters. The summed E-state index contributed by atoms with van der Waals surface area (Å²) in [6.45, 7) is 0.898. The minimum Gasteiger partial charge on any atom is -0.395 e. The number of aromatic nitrogens is 2. The quantitative estimate of drug-likeness (QED) is 0.589. The van der Waals surface area contributed by atoms with Crippen LogP contribution >= 0.6 is 0 Å². The third kappa shape index (κ3) is 1.46. The molecule has 2 fully saturated rings. The zero-order valence-electron chi connectivity index (χ0n) is 10.4. The molecule has 0 amide bonds. The monoisotopic (exact) mass is 260 g/mol. The molecule has 1 N–H and O–H groups in total. The van der Waals surface area contributed by atoms with Crippen LogP contribution < -0.4 is 4.90 Å². The smallest absolute Gasteiger partial charge is 0.157 e. The van der Waals surface area contributed by atoms with Gasteiger partial charge in [-0.25, -0.2) is 0 Å². The number of hydrogen-bond acceptors (Lipinski definition) is 6. The van der Waals surface area contributed by atoms with Crippen LogP contribution in [0, 0.1) is 17.0 Å². The standard InChI is InChI=1S/C13H14N3O3/c17-8-13(9-18)11(19)12(13)3-6-16(7-4-12)10-2-1-5-14-15-10/h1-2,8,18H,3-4,6-7,9H2. The number of anilines is 1. The molecule has 6 nitrogen and oxygen atoms in total. The van der Waals surface area contributed by atoms with E-state index >= 15 is 0 Å². The van der Waals surface area contributed by atoms with Crippen molar-refractivity contribution in [2.45, 2.75) is 12.8 Å². The molecule has 1 aromatic heterocycles. The third-order valence-electron chi connectivity index (χ3n) is 4.54. The van der Waals surface area contributed by atoms with Crippen LogP contribution in [0.3, 0.4) is 0 Å². The highest BCUT2D eigenvalue weighted by Crippen LogP contribution is 2.63. The molecule has 1 atom stereocenters. The summed E-state index contributed by atoms with van der Waals surface area (Å²) >= 11 is 0. The minimum absolute atomic E-state index is 0.107. The molecular formula is C13H14N3O3. The number of aldehydes is 1. The fourth-order valence-corrected chi connectivity index (χ4v) is 3.20. The summed E-state index contributed by atoms with van der Waals surface area (Å²) < 4.78 is 0. The molecule has 1 saturated carbocycles. The van der Waals surface area contributed by atoms with Gasteiger partial charge in [-0.15, -0.1) is 10.2 Å². The van der Waals surface area contributed by atoms with Gasteiger partial charge in [-0.2, -0.15) is 0 Å². The number of aliphatic hydroxyl groups excluding tert-OH is 1. The van der Waals surface area contributed by atoms with Crippen LogP contribution in [0.4, 0.5) is 5.82 Å². The Morgan fingerprint density at radius 2 is 2.21 bits per heavy atom. The van der Waals surface area contributed by atoms with Gasteiger partial charge in [-0.3, -0.25) is 4.79 Å². The van der Waals surface area contributed by atoms with Crippen LogP contribution in [-0.4, -0.2) is 47.1 Å². The van der Waals surface area contributed by atoms with Gasteiger partial charge < -0.3 is 14.8 Å². The second-order valence-electron chi connectivity index (χ2n) is 5.17. The molecule has 0 bridgehead atoms. The summed E-state index contributed by atoms with van der Waals surface area (Å²) in [6.07, 6.45) is 4.39. The number of hydrogen-bond donors (Lipinski definition) is 1. The van der Waals surface area contributed by atoms with Gasteiger partial charge in [-0.1, -0.05) is 0 Å². The van der Waals surface area contributed by atoms with E-state index in [1.807, 2.05) is 11.0 Å². The summed E-state index contributed by atoms with van der Waals surface area (Å²) in [5, 5.41) is 17.0. The van der Waals surface area contributed by atoms with Gasteiger partial charge in [0, 0.05) is 13.1 Å². The molecule has 0 aromatic carbocycles.